The zero-order valence-corrected chi connectivity index (χ0v) is 12.8. The fraction of sp³-hybridized carbons (Fsp3) is 0.429. The highest BCUT2D eigenvalue weighted by Gasteiger charge is 2.26. The van der Waals surface area contributed by atoms with Gasteiger partial charge in [-0.05, 0) is 32.9 Å². The summed E-state index contributed by atoms with van der Waals surface area (Å²) in [6.07, 6.45) is -0.864. The Morgan fingerprint density at radius 2 is 1.95 bits per heavy atom. The summed E-state index contributed by atoms with van der Waals surface area (Å²) in [5, 5.41) is 0. The van der Waals surface area contributed by atoms with Crippen LogP contribution >= 0.6 is 15.9 Å². The largest absolute Gasteiger partial charge is 0.464 e. The third kappa shape index (κ3) is 4.14. The molecule has 0 amide bonds. The molecule has 0 bridgehead atoms. The summed E-state index contributed by atoms with van der Waals surface area (Å²) in [4.78, 5) is 23.6. The first-order valence-electron chi connectivity index (χ1n) is 6.09. The van der Waals surface area contributed by atoms with Crippen molar-refractivity contribution in [2.75, 3.05) is 13.2 Å². The van der Waals surface area contributed by atoms with E-state index in [0.29, 0.717) is 17.7 Å². The standard InChI is InChI=1S/C14H17BrO4/c1-4-18-13(14(17)19-5-2)11-7-6-10(15)8-12(11)9(3)16/h6-8,13H,4-5H2,1-3H3. The third-order valence-electron chi connectivity index (χ3n) is 2.51. The molecule has 0 N–H and O–H groups in total. The van der Waals surface area contributed by atoms with E-state index < -0.39 is 12.1 Å². The molecule has 0 saturated heterocycles. The lowest BCUT2D eigenvalue weighted by Gasteiger charge is -2.18. The molecule has 1 aromatic rings. The Morgan fingerprint density at radius 1 is 1.26 bits per heavy atom. The van der Waals surface area contributed by atoms with E-state index in [2.05, 4.69) is 15.9 Å². The molecule has 5 heteroatoms. The number of ether oxygens (including phenoxy) is 2. The van der Waals surface area contributed by atoms with E-state index in [1.54, 1.807) is 32.0 Å². The van der Waals surface area contributed by atoms with Crippen molar-refractivity contribution < 1.29 is 19.1 Å². The van der Waals surface area contributed by atoms with E-state index >= 15 is 0 Å². The molecule has 0 spiro atoms. The van der Waals surface area contributed by atoms with E-state index in [0.717, 1.165) is 4.47 Å². The number of carbonyl (C=O) groups excluding carboxylic acids is 2. The van der Waals surface area contributed by atoms with Crippen LogP contribution in [0.3, 0.4) is 0 Å². The van der Waals surface area contributed by atoms with Gasteiger partial charge in [0.1, 0.15) is 0 Å². The molecule has 104 valence electrons. The minimum atomic E-state index is -0.864. The van der Waals surface area contributed by atoms with Crippen molar-refractivity contribution >= 4 is 27.7 Å². The number of ketones is 1. The monoisotopic (exact) mass is 328 g/mol. The van der Waals surface area contributed by atoms with Gasteiger partial charge in [-0.2, -0.15) is 0 Å². The molecule has 1 rings (SSSR count). The summed E-state index contributed by atoms with van der Waals surface area (Å²) in [5.74, 6) is -0.598. The molecule has 1 unspecified atom stereocenters. The quantitative estimate of drug-likeness (QED) is 0.594. The maximum atomic E-state index is 11.9. The smallest absolute Gasteiger partial charge is 0.339 e. The van der Waals surface area contributed by atoms with Crippen molar-refractivity contribution in [2.24, 2.45) is 0 Å². The molecule has 1 aromatic carbocycles. The number of rotatable bonds is 6. The highest BCUT2D eigenvalue weighted by atomic mass is 79.9. The van der Waals surface area contributed by atoms with Crippen molar-refractivity contribution in [1.82, 2.24) is 0 Å². The third-order valence-corrected chi connectivity index (χ3v) is 3.00. The van der Waals surface area contributed by atoms with Gasteiger partial charge in [-0.25, -0.2) is 4.79 Å². The normalized spacial score (nSPS) is 12.0. The molecule has 1 atom stereocenters. The Labute approximate surface area is 121 Å². The topological polar surface area (TPSA) is 52.6 Å². The minimum absolute atomic E-state index is 0.120. The number of esters is 1. The molecule has 0 aliphatic heterocycles. The maximum absolute atomic E-state index is 11.9. The van der Waals surface area contributed by atoms with Crippen molar-refractivity contribution in [3.05, 3.63) is 33.8 Å². The van der Waals surface area contributed by atoms with Crippen LogP contribution in [0.1, 0.15) is 42.8 Å². The molecule has 0 fully saturated rings. The molecule has 0 saturated carbocycles. The second-order valence-corrected chi connectivity index (χ2v) is 4.79. The number of Topliss-reactive ketones (excluding diaryl/α,β-unsaturated/α-hetero) is 1. The zero-order valence-electron chi connectivity index (χ0n) is 11.2. The average molecular weight is 329 g/mol. The van der Waals surface area contributed by atoms with Crippen LogP contribution in [0.25, 0.3) is 0 Å². The highest BCUT2D eigenvalue weighted by Crippen LogP contribution is 2.26. The summed E-state index contributed by atoms with van der Waals surface area (Å²) in [5.41, 5.74) is 0.997. The van der Waals surface area contributed by atoms with E-state index in [-0.39, 0.29) is 12.4 Å². The van der Waals surface area contributed by atoms with Crippen LogP contribution in [0.4, 0.5) is 0 Å². The van der Waals surface area contributed by atoms with Crippen molar-refractivity contribution in [3.8, 4) is 0 Å². The first kappa shape index (κ1) is 15.9. The fourth-order valence-corrected chi connectivity index (χ4v) is 2.09. The first-order valence-corrected chi connectivity index (χ1v) is 6.89. The molecular weight excluding hydrogens is 312 g/mol. The predicted molar refractivity (Wildman–Crippen MR) is 75.1 cm³/mol. The molecule has 0 radical (unpaired) electrons. The van der Waals surface area contributed by atoms with E-state index in [1.165, 1.54) is 6.92 Å². The lowest BCUT2D eigenvalue weighted by molar-refractivity contribution is -0.157. The van der Waals surface area contributed by atoms with Crippen LogP contribution in [-0.2, 0) is 14.3 Å². The summed E-state index contributed by atoms with van der Waals surface area (Å²) in [6, 6.07) is 5.16. The molecular formula is C14H17BrO4. The fourth-order valence-electron chi connectivity index (χ4n) is 1.73. The van der Waals surface area contributed by atoms with Crippen LogP contribution in [-0.4, -0.2) is 25.0 Å². The predicted octanol–water partition coefficient (Wildman–Crippen LogP) is 3.29. The molecule has 0 heterocycles. The summed E-state index contributed by atoms with van der Waals surface area (Å²) < 4.78 is 11.2. The minimum Gasteiger partial charge on any atom is -0.464 e. The maximum Gasteiger partial charge on any atom is 0.339 e. The van der Waals surface area contributed by atoms with E-state index in [4.69, 9.17) is 9.47 Å². The molecule has 19 heavy (non-hydrogen) atoms. The van der Waals surface area contributed by atoms with Crippen LogP contribution in [0.2, 0.25) is 0 Å². The van der Waals surface area contributed by atoms with Gasteiger partial charge in [0.05, 0.1) is 6.61 Å². The van der Waals surface area contributed by atoms with Crippen molar-refractivity contribution in [2.45, 2.75) is 26.9 Å². The van der Waals surface area contributed by atoms with Gasteiger partial charge in [-0.15, -0.1) is 0 Å². The number of halogens is 1. The van der Waals surface area contributed by atoms with Gasteiger partial charge in [-0.1, -0.05) is 22.0 Å². The van der Waals surface area contributed by atoms with Gasteiger partial charge < -0.3 is 9.47 Å². The van der Waals surface area contributed by atoms with Crippen molar-refractivity contribution in [3.63, 3.8) is 0 Å². The van der Waals surface area contributed by atoms with Gasteiger partial charge >= 0.3 is 5.97 Å². The second kappa shape index (κ2) is 7.40. The lowest BCUT2D eigenvalue weighted by Crippen LogP contribution is -2.21. The number of carbonyl (C=O) groups is 2. The van der Waals surface area contributed by atoms with Gasteiger partial charge in [0.25, 0.3) is 0 Å². The Morgan fingerprint density at radius 3 is 2.47 bits per heavy atom. The van der Waals surface area contributed by atoms with Crippen LogP contribution in [0.15, 0.2) is 22.7 Å². The van der Waals surface area contributed by atoms with Crippen LogP contribution < -0.4 is 0 Å². The molecule has 0 aliphatic rings. The number of benzene rings is 1. The number of hydrogen-bond acceptors (Lipinski definition) is 4. The lowest BCUT2D eigenvalue weighted by atomic mass is 9.99. The van der Waals surface area contributed by atoms with Crippen molar-refractivity contribution in [1.29, 1.82) is 0 Å². The molecule has 4 nitrogen and oxygen atoms in total. The second-order valence-electron chi connectivity index (χ2n) is 3.88. The Bertz CT molecular complexity index is 471. The molecule has 0 aromatic heterocycles. The van der Waals surface area contributed by atoms with Gasteiger partial charge in [0.15, 0.2) is 11.9 Å². The van der Waals surface area contributed by atoms with E-state index in [1.807, 2.05) is 0 Å². The number of hydrogen-bond donors (Lipinski definition) is 0. The zero-order chi connectivity index (χ0) is 14.4. The Balaban J connectivity index is 3.21. The van der Waals surface area contributed by atoms with Gasteiger partial charge in [0, 0.05) is 22.2 Å². The van der Waals surface area contributed by atoms with Gasteiger partial charge in [0.2, 0.25) is 0 Å². The summed E-state index contributed by atoms with van der Waals surface area (Å²) in [7, 11) is 0. The average Bonchev–Trinajstić information content (AvgIpc) is 2.36. The Kier molecular flexibility index (Phi) is 6.18. The summed E-state index contributed by atoms with van der Waals surface area (Å²) >= 11 is 3.31. The first-order chi connectivity index (χ1) is 9.01. The van der Waals surface area contributed by atoms with Gasteiger partial charge in [-0.3, -0.25) is 4.79 Å². The highest BCUT2D eigenvalue weighted by molar-refractivity contribution is 9.10. The summed E-state index contributed by atoms with van der Waals surface area (Å²) in [6.45, 7) is 5.61. The van der Waals surface area contributed by atoms with Crippen LogP contribution in [0.5, 0.6) is 0 Å². The van der Waals surface area contributed by atoms with E-state index in [9.17, 15) is 9.59 Å². The Hall–Kier alpha value is -1.20. The SMILES string of the molecule is CCOC(=O)C(OCC)c1ccc(Br)cc1C(C)=O. The van der Waals surface area contributed by atoms with Crippen LogP contribution in [0, 0.1) is 0 Å². The molecule has 0 aliphatic carbocycles.